The molecule has 0 aliphatic heterocycles. The van der Waals surface area contributed by atoms with Crippen LogP contribution in [0.4, 0.5) is 17.1 Å². The Bertz CT molecular complexity index is 2810. The van der Waals surface area contributed by atoms with Crippen molar-refractivity contribution in [1.29, 1.82) is 0 Å². The highest BCUT2D eigenvalue weighted by atomic mass is 16.3. The summed E-state index contributed by atoms with van der Waals surface area (Å²) in [6.07, 6.45) is 0. The maximum atomic E-state index is 6.62. The minimum Gasteiger partial charge on any atom is -0.456 e. The van der Waals surface area contributed by atoms with Crippen molar-refractivity contribution in [1.82, 2.24) is 0 Å². The van der Waals surface area contributed by atoms with Crippen LogP contribution in [0.1, 0.15) is 0 Å². The van der Waals surface area contributed by atoms with Crippen molar-refractivity contribution in [3.8, 4) is 11.1 Å². The number of anilines is 3. The second kappa shape index (κ2) is 10.1. The van der Waals surface area contributed by atoms with Gasteiger partial charge < -0.3 is 13.7 Å². The fourth-order valence-electron chi connectivity index (χ4n) is 7.31. The Morgan fingerprint density at radius 2 is 1.00 bits per heavy atom. The molecule has 0 saturated carbocycles. The number of hydrogen-bond donors (Lipinski definition) is 0. The van der Waals surface area contributed by atoms with Crippen LogP contribution in [0.5, 0.6) is 0 Å². The summed E-state index contributed by atoms with van der Waals surface area (Å²) in [5, 5.41) is 9.28. The summed E-state index contributed by atoms with van der Waals surface area (Å²) in [4.78, 5) is 2.33. The molecule has 2 aromatic heterocycles. The van der Waals surface area contributed by atoms with Gasteiger partial charge in [-0.05, 0) is 93.8 Å². The molecule has 0 saturated heterocycles. The largest absolute Gasteiger partial charge is 0.456 e. The molecule has 0 atom stereocenters. The maximum absolute atomic E-state index is 6.62. The third-order valence-electron chi connectivity index (χ3n) is 9.43. The van der Waals surface area contributed by atoms with Gasteiger partial charge in [0.1, 0.15) is 22.3 Å². The Morgan fingerprint density at radius 1 is 0.362 bits per heavy atom. The van der Waals surface area contributed by atoms with Crippen molar-refractivity contribution < 1.29 is 8.83 Å². The first-order chi connectivity index (χ1) is 23.3. The van der Waals surface area contributed by atoms with Crippen molar-refractivity contribution in [2.24, 2.45) is 0 Å². The van der Waals surface area contributed by atoms with E-state index < -0.39 is 0 Å². The molecule has 2 heterocycles. The number of hydrogen-bond acceptors (Lipinski definition) is 3. The van der Waals surface area contributed by atoms with Crippen molar-refractivity contribution in [3.05, 3.63) is 164 Å². The third-order valence-corrected chi connectivity index (χ3v) is 9.43. The van der Waals surface area contributed by atoms with Crippen LogP contribution in [0.25, 0.3) is 76.5 Å². The van der Waals surface area contributed by atoms with Gasteiger partial charge in [-0.25, -0.2) is 0 Å². The summed E-state index contributed by atoms with van der Waals surface area (Å²) < 4.78 is 12.8. The highest BCUT2D eigenvalue weighted by Crippen LogP contribution is 2.45. The average Bonchev–Trinajstić information content (AvgIpc) is 3.70. The topological polar surface area (TPSA) is 29.5 Å². The first-order valence-electron chi connectivity index (χ1n) is 15.9. The van der Waals surface area contributed by atoms with Gasteiger partial charge in [0.15, 0.2) is 0 Å². The number of rotatable bonds is 4. The van der Waals surface area contributed by atoms with Gasteiger partial charge >= 0.3 is 0 Å². The SMILES string of the molecule is c1ccc(N(c2ccc3c(c2)oc2ccc4c(ccc5oc6ccccc6c54)c23)c2ccccc2-c2ccc3ccccc3c2)cc1. The number of nitrogens with zero attached hydrogens (tertiary/aromatic N) is 1. The van der Waals surface area contributed by atoms with Gasteiger partial charge in [0.25, 0.3) is 0 Å². The van der Waals surface area contributed by atoms with Gasteiger partial charge in [-0.1, -0.05) is 91.0 Å². The van der Waals surface area contributed by atoms with E-state index in [9.17, 15) is 0 Å². The van der Waals surface area contributed by atoms with E-state index in [0.717, 1.165) is 71.9 Å². The molecular formula is C44H27NO2. The van der Waals surface area contributed by atoms with E-state index in [1.807, 2.05) is 12.1 Å². The molecule has 0 aliphatic carbocycles. The Labute approximate surface area is 270 Å². The molecule has 220 valence electrons. The zero-order valence-corrected chi connectivity index (χ0v) is 25.4. The lowest BCUT2D eigenvalue weighted by Crippen LogP contribution is -2.11. The van der Waals surface area contributed by atoms with Gasteiger partial charge in [-0.3, -0.25) is 0 Å². The Balaban J connectivity index is 1.18. The fraction of sp³-hybridized carbons (Fsp3) is 0. The molecule has 0 aliphatic rings. The molecule has 0 amide bonds. The van der Waals surface area contributed by atoms with Gasteiger partial charge in [-0.15, -0.1) is 0 Å². The molecular weight excluding hydrogens is 574 g/mol. The zero-order valence-electron chi connectivity index (χ0n) is 25.4. The van der Waals surface area contributed by atoms with E-state index in [1.165, 1.54) is 21.7 Å². The molecule has 0 unspecified atom stereocenters. The molecule has 3 nitrogen and oxygen atoms in total. The van der Waals surface area contributed by atoms with Gasteiger partial charge in [0, 0.05) is 44.5 Å². The Kier molecular flexibility index (Phi) is 5.57. The first-order valence-corrected chi connectivity index (χ1v) is 15.9. The molecule has 0 radical (unpaired) electrons. The van der Waals surface area contributed by atoms with Gasteiger partial charge in [0.2, 0.25) is 0 Å². The standard InChI is InChI=1S/C44H27NO2/c1-2-12-31(13-3-1)45(38-16-8-6-14-33(38)30-19-18-28-10-4-5-11-29(28)26-30)32-20-21-37-42(27-32)47-41-25-23-34-35(44(37)41)22-24-40-43(34)36-15-7-9-17-39(36)46-40/h1-27H. The van der Waals surface area contributed by atoms with Crippen LogP contribution in [-0.4, -0.2) is 0 Å². The normalized spacial score (nSPS) is 11.8. The van der Waals surface area contributed by atoms with Crippen molar-refractivity contribution in [3.63, 3.8) is 0 Å². The molecule has 47 heavy (non-hydrogen) atoms. The number of fused-ring (bicyclic) bond motifs is 10. The lowest BCUT2D eigenvalue weighted by atomic mass is 9.98. The van der Waals surface area contributed by atoms with Gasteiger partial charge in [-0.2, -0.15) is 0 Å². The quantitative estimate of drug-likeness (QED) is 0.201. The Hall–Kier alpha value is -6.32. The summed E-state index contributed by atoms with van der Waals surface area (Å²) in [5.74, 6) is 0. The van der Waals surface area contributed by atoms with Crippen LogP contribution in [0, 0.1) is 0 Å². The number of benzene rings is 8. The minimum atomic E-state index is 0.853. The van der Waals surface area contributed by atoms with Crippen LogP contribution < -0.4 is 4.90 Å². The maximum Gasteiger partial charge on any atom is 0.137 e. The molecule has 3 heteroatoms. The second-order valence-electron chi connectivity index (χ2n) is 12.1. The predicted octanol–water partition coefficient (Wildman–Crippen LogP) is 12.9. The summed E-state index contributed by atoms with van der Waals surface area (Å²) in [6.45, 7) is 0. The monoisotopic (exact) mass is 601 g/mol. The zero-order chi connectivity index (χ0) is 30.9. The molecule has 0 N–H and O–H groups in total. The fourth-order valence-corrected chi connectivity index (χ4v) is 7.31. The summed E-state index contributed by atoms with van der Waals surface area (Å²) in [7, 11) is 0. The number of furan rings is 2. The molecule has 8 aromatic carbocycles. The summed E-state index contributed by atoms with van der Waals surface area (Å²) in [5.41, 5.74) is 9.08. The van der Waals surface area contributed by atoms with E-state index in [2.05, 4.69) is 157 Å². The van der Waals surface area contributed by atoms with E-state index in [-0.39, 0.29) is 0 Å². The smallest absolute Gasteiger partial charge is 0.137 e. The molecule has 0 bridgehead atoms. The average molecular weight is 602 g/mol. The van der Waals surface area contributed by atoms with Crippen LogP contribution >= 0.6 is 0 Å². The van der Waals surface area contributed by atoms with E-state index in [1.54, 1.807) is 0 Å². The highest BCUT2D eigenvalue weighted by molar-refractivity contribution is 6.27. The van der Waals surface area contributed by atoms with Crippen LogP contribution in [-0.2, 0) is 0 Å². The minimum absolute atomic E-state index is 0.853. The van der Waals surface area contributed by atoms with Crippen LogP contribution in [0.2, 0.25) is 0 Å². The van der Waals surface area contributed by atoms with Crippen LogP contribution in [0.3, 0.4) is 0 Å². The molecule has 10 aromatic rings. The van der Waals surface area contributed by atoms with Crippen molar-refractivity contribution in [2.45, 2.75) is 0 Å². The van der Waals surface area contributed by atoms with E-state index >= 15 is 0 Å². The van der Waals surface area contributed by atoms with Gasteiger partial charge in [0.05, 0.1) is 5.69 Å². The lowest BCUT2D eigenvalue weighted by Gasteiger charge is -2.28. The third kappa shape index (κ3) is 4.00. The van der Waals surface area contributed by atoms with Crippen LogP contribution in [0.15, 0.2) is 173 Å². The Morgan fingerprint density at radius 3 is 1.83 bits per heavy atom. The van der Waals surface area contributed by atoms with E-state index in [0.29, 0.717) is 0 Å². The van der Waals surface area contributed by atoms with Crippen molar-refractivity contribution >= 4 is 82.5 Å². The molecule has 10 rings (SSSR count). The molecule has 0 fully saturated rings. The molecule has 0 spiro atoms. The van der Waals surface area contributed by atoms with Crippen molar-refractivity contribution in [2.75, 3.05) is 4.90 Å². The lowest BCUT2D eigenvalue weighted by molar-refractivity contribution is 0.668. The summed E-state index contributed by atoms with van der Waals surface area (Å²) in [6, 6.07) is 57.8. The summed E-state index contributed by atoms with van der Waals surface area (Å²) >= 11 is 0. The second-order valence-corrected chi connectivity index (χ2v) is 12.1. The highest BCUT2D eigenvalue weighted by Gasteiger charge is 2.20. The van der Waals surface area contributed by atoms with E-state index in [4.69, 9.17) is 8.83 Å². The first kappa shape index (κ1) is 26.0. The predicted molar refractivity (Wildman–Crippen MR) is 196 cm³/mol. The number of para-hydroxylation sites is 3.